The Morgan fingerprint density at radius 1 is 1.14 bits per heavy atom. The molecule has 0 saturated carbocycles. The number of halogens is 1. The fourth-order valence-corrected chi connectivity index (χ4v) is 2.40. The van der Waals surface area contributed by atoms with E-state index in [1.54, 1.807) is 12.1 Å². The maximum Gasteiger partial charge on any atom is 0.251 e. The fraction of sp³-hybridized carbons (Fsp3) is 0.133. The van der Waals surface area contributed by atoms with Crippen molar-refractivity contribution in [1.29, 1.82) is 0 Å². The smallest absolute Gasteiger partial charge is 0.251 e. The molecule has 0 bridgehead atoms. The molecule has 0 aliphatic rings. The van der Waals surface area contributed by atoms with E-state index in [-0.39, 0.29) is 22.9 Å². The highest BCUT2D eigenvalue weighted by atomic mass is 32.2. The fourth-order valence-electron chi connectivity index (χ4n) is 1.77. The molecule has 2 aromatic rings. The molecule has 6 heteroatoms. The molecule has 1 amide bonds. The summed E-state index contributed by atoms with van der Waals surface area (Å²) in [5, 5.41) is 2.65. The summed E-state index contributed by atoms with van der Waals surface area (Å²) in [4.78, 5) is 12.0. The quantitative estimate of drug-likeness (QED) is 0.941. The molecular formula is C15H14FNO3S. The molecule has 0 unspecified atom stereocenters. The van der Waals surface area contributed by atoms with E-state index in [1.165, 1.54) is 30.3 Å². The number of benzene rings is 2. The van der Waals surface area contributed by atoms with Crippen LogP contribution in [0.5, 0.6) is 0 Å². The topological polar surface area (TPSA) is 63.2 Å². The van der Waals surface area contributed by atoms with Crippen LogP contribution < -0.4 is 5.32 Å². The molecule has 21 heavy (non-hydrogen) atoms. The van der Waals surface area contributed by atoms with Gasteiger partial charge in [0.1, 0.15) is 5.82 Å². The first-order valence-corrected chi connectivity index (χ1v) is 8.08. The van der Waals surface area contributed by atoms with E-state index in [2.05, 4.69) is 5.32 Å². The van der Waals surface area contributed by atoms with Gasteiger partial charge in [0.25, 0.3) is 5.91 Å². The van der Waals surface area contributed by atoms with E-state index in [0.717, 1.165) is 17.9 Å². The van der Waals surface area contributed by atoms with Crippen molar-refractivity contribution in [3.8, 4) is 0 Å². The highest BCUT2D eigenvalue weighted by Gasteiger charge is 2.08. The van der Waals surface area contributed by atoms with Crippen LogP contribution in [0.15, 0.2) is 53.4 Å². The molecule has 0 radical (unpaired) electrons. The van der Waals surface area contributed by atoms with E-state index in [9.17, 15) is 17.6 Å². The number of amides is 1. The molecule has 0 aromatic heterocycles. The van der Waals surface area contributed by atoms with Gasteiger partial charge in [-0.1, -0.05) is 18.2 Å². The van der Waals surface area contributed by atoms with Gasteiger partial charge in [-0.3, -0.25) is 4.79 Å². The van der Waals surface area contributed by atoms with Crippen LogP contribution in [-0.2, 0) is 16.4 Å². The Morgan fingerprint density at radius 2 is 1.81 bits per heavy atom. The second-order valence-electron chi connectivity index (χ2n) is 4.61. The summed E-state index contributed by atoms with van der Waals surface area (Å²) >= 11 is 0. The second kappa shape index (κ2) is 6.05. The first-order chi connectivity index (χ1) is 9.86. The van der Waals surface area contributed by atoms with Gasteiger partial charge in [-0.25, -0.2) is 12.8 Å². The predicted octanol–water partition coefficient (Wildman–Crippen LogP) is 2.16. The summed E-state index contributed by atoms with van der Waals surface area (Å²) < 4.78 is 35.7. The first kappa shape index (κ1) is 15.2. The minimum atomic E-state index is -3.23. The zero-order chi connectivity index (χ0) is 15.5. The van der Waals surface area contributed by atoms with Crippen LogP contribution in [0.25, 0.3) is 0 Å². The number of nitrogens with one attached hydrogen (secondary N) is 1. The molecule has 0 aliphatic carbocycles. The van der Waals surface area contributed by atoms with Crippen LogP contribution in [0.4, 0.5) is 4.39 Å². The van der Waals surface area contributed by atoms with Gasteiger partial charge < -0.3 is 5.32 Å². The minimum Gasteiger partial charge on any atom is -0.348 e. The van der Waals surface area contributed by atoms with Gasteiger partial charge in [-0.05, 0) is 35.9 Å². The van der Waals surface area contributed by atoms with Gasteiger partial charge in [-0.15, -0.1) is 0 Å². The van der Waals surface area contributed by atoms with Crippen molar-refractivity contribution in [1.82, 2.24) is 5.32 Å². The van der Waals surface area contributed by atoms with E-state index in [0.29, 0.717) is 0 Å². The molecule has 0 aliphatic heterocycles. The maximum atomic E-state index is 13.0. The molecule has 2 rings (SSSR count). The predicted molar refractivity (Wildman–Crippen MR) is 77.1 cm³/mol. The summed E-state index contributed by atoms with van der Waals surface area (Å²) in [6.45, 7) is 0.236. The number of hydrogen-bond donors (Lipinski definition) is 1. The molecule has 4 nitrogen and oxygen atoms in total. The van der Waals surface area contributed by atoms with Crippen molar-refractivity contribution in [3.05, 3.63) is 65.5 Å². The van der Waals surface area contributed by atoms with E-state index < -0.39 is 15.7 Å². The average Bonchev–Trinajstić information content (AvgIpc) is 2.44. The first-order valence-electron chi connectivity index (χ1n) is 6.19. The molecule has 0 fully saturated rings. The standard InChI is InChI=1S/C15H14FNO3S/c1-21(19,20)14-7-5-11(6-8-14)10-17-15(18)12-3-2-4-13(16)9-12/h2-9H,10H2,1H3,(H,17,18). The van der Waals surface area contributed by atoms with Crippen LogP contribution in [0.1, 0.15) is 15.9 Å². The van der Waals surface area contributed by atoms with Crippen LogP contribution >= 0.6 is 0 Å². The molecule has 0 atom stereocenters. The molecule has 0 spiro atoms. The zero-order valence-electron chi connectivity index (χ0n) is 11.3. The van der Waals surface area contributed by atoms with Crippen molar-refractivity contribution in [2.24, 2.45) is 0 Å². The third kappa shape index (κ3) is 4.13. The summed E-state index contributed by atoms with van der Waals surface area (Å²) in [5.41, 5.74) is 0.995. The van der Waals surface area contributed by atoms with Crippen molar-refractivity contribution in [2.45, 2.75) is 11.4 Å². The monoisotopic (exact) mass is 307 g/mol. The number of sulfone groups is 1. The minimum absolute atomic E-state index is 0.225. The van der Waals surface area contributed by atoms with Crippen molar-refractivity contribution in [2.75, 3.05) is 6.26 Å². The van der Waals surface area contributed by atoms with E-state index >= 15 is 0 Å². The van der Waals surface area contributed by atoms with Gasteiger partial charge in [0.15, 0.2) is 9.84 Å². The van der Waals surface area contributed by atoms with Crippen LogP contribution in [0.2, 0.25) is 0 Å². The Balaban J connectivity index is 2.02. The number of carbonyl (C=O) groups excluding carboxylic acids is 1. The summed E-state index contributed by atoms with van der Waals surface area (Å²) in [6, 6.07) is 11.6. The molecule has 110 valence electrons. The zero-order valence-corrected chi connectivity index (χ0v) is 12.2. The lowest BCUT2D eigenvalue weighted by Gasteiger charge is -2.06. The van der Waals surface area contributed by atoms with Gasteiger partial charge in [0, 0.05) is 18.4 Å². The van der Waals surface area contributed by atoms with Gasteiger partial charge in [0.2, 0.25) is 0 Å². The van der Waals surface area contributed by atoms with Crippen molar-refractivity contribution < 1.29 is 17.6 Å². The van der Waals surface area contributed by atoms with E-state index in [4.69, 9.17) is 0 Å². The van der Waals surface area contributed by atoms with Crippen LogP contribution in [0, 0.1) is 5.82 Å². The van der Waals surface area contributed by atoms with Crippen LogP contribution in [0.3, 0.4) is 0 Å². The Kier molecular flexibility index (Phi) is 4.37. The second-order valence-corrected chi connectivity index (χ2v) is 6.62. The lowest BCUT2D eigenvalue weighted by atomic mass is 10.2. The highest BCUT2D eigenvalue weighted by Crippen LogP contribution is 2.10. The van der Waals surface area contributed by atoms with Gasteiger partial charge in [0.05, 0.1) is 4.90 Å². The molecular weight excluding hydrogens is 293 g/mol. The number of hydrogen-bond acceptors (Lipinski definition) is 3. The lowest BCUT2D eigenvalue weighted by molar-refractivity contribution is 0.0950. The Labute approximate surface area is 122 Å². The van der Waals surface area contributed by atoms with Gasteiger partial charge >= 0.3 is 0 Å². The third-order valence-corrected chi connectivity index (χ3v) is 4.02. The SMILES string of the molecule is CS(=O)(=O)c1ccc(CNC(=O)c2cccc(F)c2)cc1. The highest BCUT2D eigenvalue weighted by molar-refractivity contribution is 7.90. The molecule has 1 N–H and O–H groups in total. The maximum absolute atomic E-state index is 13.0. The average molecular weight is 307 g/mol. The molecule has 0 saturated heterocycles. The Hall–Kier alpha value is -2.21. The normalized spacial score (nSPS) is 11.1. The number of rotatable bonds is 4. The summed E-state index contributed by atoms with van der Waals surface area (Å²) in [7, 11) is -3.23. The Morgan fingerprint density at radius 3 is 2.38 bits per heavy atom. The van der Waals surface area contributed by atoms with E-state index in [1.807, 2.05) is 0 Å². The molecule has 2 aromatic carbocycles. The number of carbonyl (C=O) groups is 1. The van der Waals surface area contributed by atoms with Crippen LogP contribution in [-0.4, -0.2) is 20.6 Å². The summed E-state index contributed by atoms with van der Waals surface area (Å²) in [5.74, 6) is -0.859. The summed E-state index contributed by atoms with van der Waals surface area (Å²) in [6.07, 6.45) is 1.13. The van der Waals surface area contributed by atoms with Gasteiger partial charge in [-0.2, -0.15) is 0 Å². The third-order valence-electron chi connectivity index (χ3n) is 2.89. The van der Waals surface area contributed by atoms with Crippen molar-refractivity contribution in [3.63, 3.8) is 0 Å². The molecule has 0 heterocycles. The lowest BCUT2D eigenvalue weighted by Crippen LogP contribution is -2.22. The largest absolute Gasteiger partial charge is 0.348 e. The van der Waals surface area contributed by atoms with Crippen molar-refractivity contribution >= 4 is 15.7 Å². The Bertz CT molecular complexity index is 755.